The lowest BCUT2D eigenvalue weighted by molar-refractivity contribution is -0.116. The zero-order chi connectivity index (χ0) is 19.2. The van der Waals surface area contributed by atoms with E-state index in [1.165, 1.54) is 29.6 Å². The van der Waals surface area contributed by atoms with Gasteiger partial charge in [-0.2, -0.15) is 11.3 Å². The molecule has 0 saturated heterocycles. The first-order chi connectivity index (χ1) is 13.0. The Morgan fingerprint density at radius 1 is 0.963 bits per heavy atom. The molecule has 1 aromatic carbocycles. The summed E-state index contributed by atoms with van der Waals surface area (Å²) in [4.78, 5) is 39.4. The van der Waals surface area contributed by atoms with E-state index >= 15 is 0 Å². The summed E-state index contributed by atoms with van der Waals surface area (Å²) in [6, 6.07) is 8.56. The number of amides is 3. The third-order valence-electron chi connectivity index (χ3n) is 3.39. The van der Waals surface area contributed by atoms with Crippen LogP contribution in [0.25, 0.3) is 0 Å². The number of anilines is 3. The molecule has 2 aromatic heterocycles. The van der Waals surface area contributed by atoms with Crippen LogP contribution in [-0.2, 0) is 16.0 Å². The van der Waals surface area contributed by atoms with Gasteiger partial charge in [0, 0.05) is 29.1 Å². The molecular formula is C18H16N4O3S2. The van der Waals surface area contributed by atoms with Crippen LogP contribution in [0.4, 0.5) is 16.5 Å². The number of nitrogens with one attached hydrogen (secondary N) is 3. The highest BCUT2D eigenvalue weighted by Gasteiger charge is 2.11. The number of carbonyl (C=O) groups is 3. The van der Waals surface area contributed by atoms with Gasteiger partial charge in [-0.15, -0.1) is 11.3 Å². The number of hydrogen-bond donors (Lipinski definition) is 3. The Kier molecular flexibility index (Phi) is 5.94. The standard InChI is InChI=1S/C18H16N4O3S2/c1-11(23)19-13-2-4-14(5-3-13)20-16(24)8-15-10-27-18(21-15)22-17(25)12-6-7-26-9-12/h2-7,9-10H,8H2,1H3,(H,19,23)(H,20,24)(H,21,22,25). The summed E-state index contributed by atoms with van der Waals surface area (Å²) in [7, 11) is 0. The lowest BCUT2D eigenvalue weighted by Crippen LogP contribution is -2.15. The van der Waals surface area contributed by atoms with Gasteiger partial charge in [-0.3, -0.25) is 19.7 Å². The Morgan fingerprint density at radius 2 is 1.67 bits per heavy atom. The zero-order valence-corrected chi connectivity index (χ0v) is 15.9. The fraction of sp³-hybridized carbons (Fsp3) is 0.111. The van der Waals surface area contributed by atoms with Crippen molar-refractivity contribution in [2.24, 2.45) is 0 Å². The maximum atomic E-state index is 12.2. The van der Waals surface area contributed by atoms with E-state index in [1.807, 2.05) is 5.38 Å². The first-order valence-corrected chi connectivity index (χ1v) is 9.77. The Bertz CT molecular complexity index is 949. The molecule has 138 valence electrons. The van der Waals surface area contributed by atoms with E-state index in [2.05, 4.69) is 20.9 Å². The van der Waals surface area contributed by atoms with E-state index in [4.69, 9.17) is 0 Å². The van der Waals surface area contributed by atoms with Crippen LogP contribution in [0.3, 0.4) is 0 Å². The van der Waals surface area contributed by atoms with Crippen LogP contribution in [0.1, 0.15) is 23.0 Å². The maximum Gasteiger partial charge on any atom is 0.258 e. The van der Waals surface area contributed by atoms with Crippen molar-refractivity contribution in [1.29, 1.82) is 0 Å². The molecule has 0 aliphatic rings. The van der Waals surface area contributed by atoms with E-state index in [0.717, 1.165) is 0 Å². The van der Waals surface area contributed by atoms with Crippen molar-refractivity contribution in [2.75, 3.05) is 16.0 Å². The number of benzene rings is 1. The largest absolute Gasteiger partial charge is 0.326 e. The zero-order valence-electron chi connectivity index (χ0n) is 14.3. The summed E-state index contributed by atoms with van der Waals surface area (Å²) in [5.74, 6) is -0.596. The Balaban J connectivity index is 1.53. The lowest BCUT2D eigenvalue weighted by Gasteiger charge is -2.06. The van der Waals surface area contributed by atoms with Crippen LogP contribution >= 0.6 is 22.7 Å². The van der Waals surface area contributed by atoms with Crippen molar-refractivity contribution in [1.82, 2.24) is 4.98 Å². The van der Waals surface area contributed by atoms with E-state index in [0.29, 0.717) is 27.8 Å². The van der Waals surface area contributed by atoms with Crippen molar-refractivity contribution in [2.45, 2.75) is 13.3 Å². The van der Waals surface area contributed by atoms with E-state index in [9.17, 15) is 14.4 Å². The molecule has 27 heavy (non-hydrogen) atoms. The topological polar surface area (TPSA) is 100 Å². The van der Waals surface area contributed by atoms with Crippen LogP contribution in [0.2, 0.25) is 0 Å². The number of carbonyl (C=O) groups excluding carboxylic acids is 3. The maximum absolute atomic E-state index is 12.2. The van der Waals surface area contributed by atoms with Gasteiger partial charge in [0.1, 0.15) is 0 Å². The molecule has 3 rings (SSSR count). The molecule has 0 bridgehead atoms. The van der Waals surface area contributed by atoms with Crippen molar-refractivity contribution in [3.63, 3.8) is 0 Å². The summed E-state index contributed by atoms with van der Waals surface area (Å²) >= 11 is 2.72. The minimum Gasteiger partial charge on any atom is -0.326 e. The van der Waals surface area contributed by atoms with Crippen LogP contribution < -0.4 is 16.0 Å². The van der Waals surface area contributed by atoms with Crippen LogP contribution in [0, 0.1) is 0 Å². The molecule has 0 aliphatic carbocycles. The first kappa shape index (κ1) is 18.7. The van der Waals surface area contributed by atoms with Gasteiger partial charge in [0.05, 0.1) is 17.7 Å². The number of aromatic nitrogens is 1. The first-order valence-electron chi connectivity index (χ1n) is 7.95. The predicted octanol–water partition coefficient (Wildman–Crippen LogP) is 3.60. The quantitative estimate of drug-likeness (QED) is 0.589. The molecule has 0 radical (unpaired) electrons. The van der Waals surface area contributed by atoms with Gasteiger partial charge in [-0.1, -0.05) is 0 Å². The molecule has 2 heterocycles. The van der Waals surface area contributed by atoms with Crippen molar-refractivity contribution in [3.05, 3.63) is 57.7 Å². The third kappa shape index (κ3) is 5.47. The molecule has 0 unspecified atom stereocenters. The average Bonchev–Trinajstić information content (AvgIpc) is 3.28. The Hall–Kier alpha value is -3.04. The van der Waals surface area contributed by atoms with Gasteiger partial charge in [0.15, 0.2) is 5.13 Å². The number of thiazole rings is 1. The number of nitrogens with zero attached hydrogens (tertiary/aromatic N) is 1. The second-order valence-corrected chi connectivity index (χ2v) is 7.23. The molecule has 0 aliphatic heterocycles. The van der Waals surface area contributed by atoms with Crippen LogP contribution in [-0.4, -0.2) is 22.7 Å². The summed E-state index contributed by atoms with van der Waals surface area (Å²) in [5.41, 5.74) is 2.44. The number of hydrogen-bond acceptors (Lipinski definition) is 6. The van der Waals surface area contributed by atoms with Crippen LogP contribution in [0.5, 0.6) is 0 Å². The van der Waals surface area contributed by atoms with Gasteiger partial charge in [-0.25, -0.2) is 4.98 Å². The molecular weight excluding hydrogens is 384 g/mol. The normalized spacial score (nSPS) is 10.3. The molecule has 0 fully saturated rings. The highest BCUT2D eigenvalue weighted by Crippen LogP contribution is 2.19. The van der Waals surface area contributed by atoms with Gasteiger partial charge in [0.2, 0.25) is 11.8 Å². The number of thiophene rings is 1. The van der Waals surface area contributed by atoms with Crippen molar-refractivity contribution >= 4 is 56.9 Å². The Labute approximate surface area is 163 Å². The van der Waals surface area contributed by atoms with Crippen LogP contribution in [0.15, 0.2) is 46.5 Å². The molecule has 3 N–H and O–H groups in total. The summed E-state index contributed by atoms with van der Waals surface area (Å²) < 4.78 is 0. The monoisotopic (exact) mass is 400 g/mol. The van der Waals surface area contributed by atoms with E-state index in [-0.39, 0.29) is 24.1 Å². The molecule has 9 heteroatoms. The highest BCUT2D eigenvalue weighted by atomic mass is 32.1. The fourth-order valence-electron chi connectivity index (χ4n) is 2.22. The van der Waals surface area contributed by atoms with E-state index < -0.39 is 0 Å². The van der Waals surface area contributed by atoms with E-state index in [1.54, 1.807) is 41.1 Å². The lowest BCUT2D eigenvalue weighted by atomic mass is 10.2. The minimum atomic E-state index is -0.221. The highest BCUT2D eigenvalue weighted by molar-refractivity contribution is 7.14. The SMILES string of the molecule is CC(=O)Nc1ccc(NC(=O)Cc2csc(NC(=O)c3ccsc3)n2)cc1. The molecule has 3 amide bonds. The predicted molar refractivity (Wildman–Crippen MR) is 107 cm³/mol. The Morgan fingerprint density at radius 3 is 2.30 bits per heavy atom. The molecule has 7 nitrogen and oxygen atoms in total. The fourth-order valence-corrected chi connectivity index (χ4v) is 3.56. The molecule has 0 saturated carbocycles. The van der Waals surface area contributed by atoms with Gasteiger partial charge < -0.3 is 10.6 Å². The molecule has 0 atom stereocenters. The van der Waals surface area contributed by atoms with Gasteiger partial charge in [0.25, 0.3) is 5.91 Å². The second kappa shape index (κ2) is 8.56. The van der Waals surface area contributed by atoms with Gasteiger partial charge in [-0.05, 0) is 35.7 Å². The molecule has 3 aromatic rings. The minimum absolute atomic E-state index is 0.0955. The van der Waals surface area contributed by atoms with Gasteiger partial charge >= 0.3 is 0 Å². The average molecular weight is 400 g/mol. The second-order valence-electron chi connectivity index (χ2n) is 5.59. The summed E-state index contributed by atoms with van der Waals surface area (Å²) in [5, 5.41) is 13.9. The summed E-state index contributed by atoms with van der Waals surface area (Å²) in [6.45, 7) is 1.43. The third-order valence-corrected chi connectivity index (χ3v) is 4.88. The summed E-state index contributed by atoms with van der Waals surface area (Å²) in [6.07, 6.45) is 0.0955. The smallest absolute Gasteiger partial charge is 0.258 e. The van der Waals surface area contributed by atoms with Crippen molar-refractivity contribution in [3.8, 4) is 0 Å². The molecule has 0 spiro atoms. The van der Waals surface area contributed by atoms with Crippen molar-refractivity contribution < 1.29 is 14.4 Å². The number of rotatable bonds is 6.